The van der Waals surface area contributed by atoms with Gasteiger partial charge in [0.25, 0.3) is 10.1 Å². The van der Waals surface area contributed by atoms with E-state index in [1.165, 1.54) is 70.3 Å². The van der Waals surface area contributed by atoms with Gasteiger partial charge in [-0.15, -0.1) is 0 Å². The van der Waals surface area contributed by atoms with Crippen molar-refractivity contribution < 1.29 is 28.0 Å². The summed E-state index contributed by atoms with van der Waals surface area (Å²) in [6, 6.07) is -1.25. The van der Waals surface area contributed by atoms with Crippen LogP contribution in [0.5, 0.6) is 0 Å². The minimum absolute atomic E-state index is 0.271. The molecule has 262 valence electrons. The molecule has 0 rings (SSSR count). The minimum Gasteiger partial charge on any atom is -0.387 e. The first-order chi connectivity index (χ1) is 21.7. The molecule has 0 heterocycles. The number of allylic oxidation sites excluding steroid dienone is 7. The highest BCUT2D eigenvalue weighted by atomic mass is 32.2. The first-order valence-electron chi connectivity index (χ1n) is 17.9. The van der Waals surface area contributed by atoms with E-state index in [9.17, 15) is 28.0 Å². The van der Waals surface area contributed by atoms with Crippen molar-refractivity contribution in [3.05, 3.63) is 48.6 Å². The van der Waals surface area contributed by atoms with E-state index in [0.717, 1.165) is 57.8 Å². The Balaban J connectivity index is 3.98. The number of carbonyl (C=O) groups excluding carboxylic acids is 1. The van der Waals surface area contributed by atoms with Crippen LogP contribution in [0.3, 0.4) is 0 Å². The van der Waals surface area contributed by atoms with Crippen LogP contribution in [0, 0.1) is 0 Å². The van der Waals surface area contributed by atoms with Gasteiger partial charge in [0.15, 0.2) is 0 Å². The number of aliphatic hydroxyl groups excluding tert-OH is 2. The quantitative estimate of drug-likeness (QED) is 0.0336. The van der Waals surface area contributed by atoms with Gasteiger partial charge in [-0.3, -0.25) is 9.35 Å². The molecule has 0 aromatic rings. The lowest BCUT2D eigenvalue weighted by atomic mass is 10.0. The van der Waals surface area contributed by atoms with E-state index < -0.39 is 40.0 Å². The van der Waals surface area contributed by atoms with Crippen molar-refractivity contribution in [3.8, 4) is 0 Å². The zero-order valence-electron chi connectivity index (χ0n) is 28.6. The summed E-state index contributed by atoms with van der Waals surface area (Å²) >= 11 is 0. The van der Waals surface area contributed by atoms with E-state index >= 15 is 0 Å². The monoisotopic (exact) mass is 653 g/mol. The lowest BCUT2D eigenvalue weighted by Gasteiger charge is -2.22. The summed E-state index contributed by atoms with van der Waals surface area (Å²) in [6.45, 7) is 4.30. The van der Waals surface area contributed by atoms with Crippen molar-refractivity contribution in [1.29, 1.82) is 0 Å². The molecular weight excluding hydrogens is 586 g/mol. The van der Waals surface area contributed by atoms with E-state index in [1.54, 1.807) is 6.08 Å². The zero-order chi connectivity index (χ0) is 33.4. The summed E-state index contributed by atoms with van der Waals surface area (Å²) in [5, 5.41) is 23.2. The lowest BCUT2D eigenvalue weighted by Crippen LogP contribution is -2.50. The first-order valence-corrected chi connectivity index (χ1v) is 19.6. The van der Waals surface area contributed by atoms with Crippen molar-refractivity contribution in [2.24, 2.45) is 0 Å². The molecule has 3 unspecified atom stereocenters. The molecule has 0 saturated carbocycles. The van der Waals surface area contributed by atoms with Gasteiger partial charge in [0.05, 0.1) is 17.9 Å². The molecule has 4 N–H and O–H groups in total. The van der Waals surface area contributed by atoms with Crippen LogP contribution in [0.1, 0.15) is 155 Å². The molecule has 0 aliphatic heterocycles. The first kappa shape index (κ1) is 43.3. The largest absolute Gasteiger partial charge is 0.387 e. The standard InChI is InChI=1S/C37H67NO6S/c1-3-5-7-9-11-13-14-15-16-17-18-19-20-21-22-23-24-26-28-30-32-36(40)37(41)38-34(33-45(42,43)44)35(39)31-29-27-25-12-10-8-6-4-2/h5,7,10-13,29,31,34-36,39-40H,3-4,6,8-9,14-28,30,32-33H2,1-2H3,(H,38,41)(H,42,43,44)/b7-5-,12-10+,13-11-,31-29+. The van der Waals surface area contributed by atoms with Crippen LogP contribution in [0.15, 0.2) is 48.6 Å². The zero-order valence-corrected chi connectivity index (χ0v) is 29.4. The van der Waals surface area contributed by atoms with Gasteiger partial charge in [-0.05, 0) is 51.4 Å². The second kappa shape index (κ2) is 30.9. The topological polar surface area (TPSA) is 124 Å². The van der Waals surface area contributed by atoms with Crippen LogP contribution >= 0.6 is 0 Å². The van der Waals surface area contributed by atoms with Gasteiger partial charge in [0, 0.05) is 0 Å². The number of carbonyl (C=O) groups is 1. The smallest absolute Gasteiger partial charge is 0.267 e. The van der Waals surface area contributed by atoms with Crippen molar-refractivity contribution in [3.63, 3.8) is 0 Å². The average Bonchev–Trinajstić information content (AvgIpc) is 3.00. The van der Waals surface area contributed by atoms with Crippen LogP contribution in [-0.2, 0) is 14.9 Å². The number of hydrogen-bond acceptors (Lipinski definition) is 5. The third kappa shape index (κ3) is 30.7. The predicted molar refractivity (Wildman–Crippen MR) is 190 cm³/mol. The molecule has 0 aromatic carbocycles. The Morgan fingerprint density at radius 1 is 0.644 bits per heavy atom. The van der Waals surface area contributed by atoms with Gasteiger partial charge < -0.3 is 15.5 Å². The van der Waals surface area contributed by atoms with Crippen LogP contribution in [-0.4, -0.2) is 53.1 Å². The lowest BCUT2D eigenvalue weighted by molar-refractivity contribution is -0.130. The fourth-order valence-corrected chi connectivity index (χ4v) is 5.82. The summed E-state index contributed by atoms with van der Waals surface area (Å²) < 4.78 is 32.2. The number of unbranched alkanes of at least 4 members (excludes halogenated alkanes) is 16. The third-order valence-corrected chi connectivity index (χ3v) is 8.63. The molecule has 0 aliphatic carbocycles. The van der Waals surface area contributed by atoms with Gasteiger partial charge >= 0.3 is 0 Å². The maximum atomic E-state index is 12.5. The molecule has 7 nitrogen and oxygen atoms in total. The normalized spacial score (nSPS) is 14.7. The Hall–Kier alpha value is -1.74. The molecule has 0 bridgehead atoms. The fourth-order valence-electron chi connectivity index (χ4n) is 5.08. The summed E-state index contributed by atoms with van der Waals surface area (Å²) in [5.74, 6) is -1.56. The Bertz CT molecular complexity index is 912. The molecule has 0 aromatic heterocycles. The predicted octanol–water partition coefficient (Wildman–Crippen LogP) is 8.93. The summed E-state index contributed by atoms with van der Waals surface area (Å²) in [5.41, 5.74) is 0. The number of aliphatic hydroxyl groups is 2. The van der Waals surface area contributed by atoms with E-state index in [1.807, 2.05) is 0 Å². The Labute approximate surface area is 276 Å². The summed E-state index contributed by atoms with van der Waals surface area (Å²) in [4.78, 5) is 12.5. The molecule has 0 aliphatic rings. The maximum absolute atomic E-state index is 12.5. The second-order valence-electron chi connectivity index (χ2n) is 12.2. The third-order valence-electron chi connectivity index (χ3n) is 7.85. The highest BCUT2D eigenvalue weighted by Crippen LogP contribution is 2.14. The van der Waals surface area contributed by atoms with E-state index in [4.69, 9.17) is 0 Å². The van der Waals surface area contributed by atoms with Gasteiger partial charge in [-0.1, -0.05) is 152 Å². The van der Waals surface area contributed by atoms with Crippen LogP contribution in [0.2, 0.25) is 0 Å². The molecule has 3 atom stereocenters. The molecule has 45 heavy (non-hydrogen) atoms. The van der Waals surface area contributed by atoms with E-state index in [2.05, 4.69) is 55.6 Å². The highest BCUT2D eigenvalue weighted by molar-refractivity contribution is 7.85. The fraction of sp³-hybridized carbons (Fsp3) is 0.757. The molecule has 0 fully saturated rings. The highest BCUT2D eigenvalue weighted by Gasteiger charge is 2.27. The van der Waals surface area contributed by atoms with Crippen LogP contribution in [0.25, 0.3) is 0 Å². The van der Waals surface area contributed by atoms with E-state index in [0.29, 0.717) is 12.8 Å². The number of nitrogens with one attached hydrogen (secondary N) is 1. The second-order valence-corrected chi connectivity index (χ2v) is 13.7. The van der Waals surface area contributed by atoms with Gasteiger partial charge in [-0.25, -0.2) is 0 Å². The summed E-state index contributed by atoms with van der Waals surface area (Å²) in [7, 11) is -4.44. The number of hydrogen-bond donors (Lipinski definition) is 4. The number of rotatable bonds is 31. The Kier molecular flexibility index (Phi) is 29.7. The van der Waals surface area contributed by atoms with Crippen molar-refractivity contribution in [2.45, 2.75) is 173 Å². The van der Waals surface area contributed by atoms with Gasteiger partial charge in [-0.2, -0.15) is 8.42 Å². The molecule has 0 radical (unpaired) electrons. The van der Waals surface area contributed by atoms with E-state index in [-0.39, 0.29) is 6.42 Å². The van der Waals surface area contributed by atoms with Crippen LogP contribution < -0.4 is 5.32 Å². The molecule has 8 heteroatoms. The molecular formula is C37H67NO6S. The SMILES string of the molecule is CC/C=C\C/C=C\CCCCCCCCCCCCCCCC(O)C(=O)NC(CS(=O)(=O)O)C(O)/C=C/CC/C=C/CCCC. The van der Waals surface area contributed by atoms with Crippen LogP contribution in [0.4, 0.5) is 0 Å². The Morgan fingerprint density at radius 2 is 1.13 bits per heavy atom. The Morgan fingerprint density at radius 3 is 1.71 bits per heavy atom. The maximum Gasteiger partial charge on any atom is 0.267 e. The van der Waals surface area contributed by atoms with Crippen molar-refractivity contribution in [1.82, 2.24) is 5.32 Å². The number of amides is 1. The van der Waals surface area contributed by atoms with Gasteiger partial charge in [0.1, 0.15) is 6.10 Å². The van der Waals surface area contributed by atoms with Crippen molar-refractivity contribution >= 4 is 16.0 Å². The molecule has 0 spiro atoms. The van der Waals surface area contributed by atoms with Gasteiger partial charge in [0.2, 0.25) is 5.91 Å². The minimum atomic E-state index is -4.44. The average molecular weight is 654 g/mol. The summed E-state index contributed by atoms with van der Waals surface area (Å²) in [6.07, 6.45) is 37.7. The molecule has 0 saturated heterocycles. The molecule has 1 amide bonds. The van der Waals surface area contributed by atoms with Crippen molar-refractivity contribution in [2.75, 3.05) is 5.75 Å².